The topological polar surface area (TPSA) is 82.5 Å². The standard InChI is InChI=1S/C55H34N6O/c1-5-17-35(18-6-1)45-34-46(57-52(56-45)36-19-7-2-8-20-36)44-33-43-41-25-14-16-28-48(41)62-51(43)49-42-26-13-15-27-47(42)61(50(44)49)40-31-29-39(30-32-40)55-59-53(37-21-9-3-10-22-37)58-54(60-55)38-23-11-4-12-24-38/h1-34H. The van der Waals surface area contributed by atoms with Crippen LogP contribution in [0.5, 0.6) is 0 Å². The number of rotatable bonds is 7. The smallest absolute Gasteiger partial charge is 0.164 e. The lowest BCUT2D eigenvalue weighted by Crippen LogP contribution is -2.01. The van der Waals surface area contributed by atoms with Crippen LogP contribution in [-0.2, 0) is 0 Å². The second-order valence-electron chi connectivity index (χ2n) is 15.3. The van der Waals surface area contributed by atoms with Crippen LogP contribution in [0.1, 0.15) is 0 Å². The Kier molecular flexibility index (Phi) is 8.35. The molecule has 7 heteroatoms. The fourth-order valence-electron chi connectivity index (χ4n) is 8.55. The number of aromatic nitrogens is 6. The molecule has 0 amide bonds. The highest BCUT2D eigenvalue weighted by atomic mass is 16.3. The summed E-state index contributed by atoms with van der Waals surface area (Å²) in [5.74, 6) is 2.49. The lowest BCUT2D eigenvalue weighted by atomic mass is 10.00. The number of furan rings is 1. The van der Waals surface area contributed by atoms with E-state index in [9.17, 15) is 0 Å². The Bertz CT molecular complexity index is 3490. The second kappa shape index (κ2) is 14.6. The predicted octanol–water partition coefficient (Wildman–Crippen LogP) is 13.7. The van der Waals surface area contributed by atoms with Crippen LogP contribution in [0.3, 0.4) is 0 Å². The SMILES string of the molecule is c1ccc(-c2cc(-c3cc4c5ccccc5oc4c4c5ccccc5n(-c5ccc(-c6nc(-c7ccccc7)nc(-c7ccccc7)n6)cc5)c34)nc(-c3ccccc3)n2)cc1. The van der Waals surface area contributed by atoms with Gasteiger partial charge >= 0.3 is 0 Å². The summed E-state index contributed by atoms with van der Waals surface area (Å²) in [4.78, 5) is 25.4. The van der Waals surface area contributed by atoms with Gasteiger partial charge in [-0.15, -0.1) is 0 Å². The van der Waals surface area contributed by atoms with Crippen LogP contribution in [-0.4, -0.2) is 29.5 Å². The highest BCUT2D eigenvalue weighted by molar-refractivity contribution is 6.27. The lowest BCUT2D eigenvalue weighted by molar-refractivity contribution is 0.673. The average molecular weight is 795 g/mol. The van der Waals surface area contributed by atoms with E-state index in [1.54, 1.807) is 0 Å². The molecule has 0 bridgehead atoms. The Morgan fingerprint density at radius 1 is 0.355 bits per heavy atom. The molecular weight excluding hydrogens is 761 g/mol. The summed E-state index contributed by atoms with van der Waals surface area (Å²) in [6.07, 6.45) is 0. The van der Waals surface area contributed by atoms with Gasteiger partial charge in [0, 0.05) is 55.2 Å². The van der Waals surface area contributed by atoms with E-state index < -0.39 is 0 Å². The van der Waals surface area contributed by atoms with Crippen molar-refractivity contribution in [3.63, 3.8) is 0 Å². The maximum absolute atomic E-state index is 6.80. The summed E-state index contributed by atoms with van der Waals surface area (Å²) in [5.41, 5.74) is 12.0. The Morgan fingerprint density at radius 3 is 1.42 bits per heavy atom. The minimum atomic E-state index is 0.596. The van der Waals surface area contributed by atoms with E-state index in [0.717, 1.165) is 94.2 Å². The van der Waals surface area contributed by atoms with Gasteiger partial charge in [-0.05, 0) is 48.5 Å². The Hall–Kier alpha value is -8.55. The molecule has 0 aliphatic carbocycles. The number of nitrogens with zero attached hydrogens (tertiary/aromatic N) is 6. The molecule has 0 fully saturated rings. The zero-order valence-electron chi connectivity index (χ0n) is 33.2. The van der Waals surface area contributed by atoms with Gasteiger partial charge in [-0.1, -0.05) is 158 Å². The molecule has 4 heterocycles. The van der Waals surface area contributed by atoms with Gasteiger partial charge in [-0.25, -0.2) is 24.9 Å². The molecule has 0 unspecified atom stereocenters. The second-order valence-corrected chi connectivity index (χ2v) is 15.3. The van der Waals surface area contributed by atoms with E-state index in [2.05, 4.69) is 102 Å². The van der Waals surface area contributed by atoms with Crippen LogP contribution >= 0.6 is 0 Å². The molecule has 8 aromatic carbocycles. The maximum Gasteiger partial charge on any atom is 0.164 e. The number of hydrogen-bond acceptors (Lipinski definition) is 6. The van der Waals surface area contributed by atoms with Crippen LogP contribution in [0.25, 0.3) is 117 Å². The molecular formula is C55H34N6O. The van der Waals surface area contributed by atoms with Gasteiger partial charge in [0.2, 0.25) is 0 Å². The van der Waals surface area contributed by atoms with Gasteiger partial charge in [0.25, 0.3) is 0 Å². The molecule has 0 radical (unpaired) electrons. The molecule has 0 atom stereocenters. The Labute approximate surface area is 356 Å². The van der Waals surface area contributed by atoms with Gasteiger partial charge in [-0.2, -0.15) is 0 Å². The van der Waals surface area contributed by atoms with E-state index in [1.807, 2.05) is 109 Å². The first kappa shape index (κ1) is 35.4. The van der Waals surface area contributed by atoms with Crippen molar-refractivity contribution < 1.29 is 4.42 Å². The Balaban J connectivity index is 1.11. The summed E-state index contributed by atoms with van der Waals surface area (Å²) >= 11 is 0. The maximum atomic E-state index is 6.80. The molecule has 12 aromatic rings. The first-order valence-corrected chi connectivity index (χ1v) is 20.6. The minimum Gasteiger partial charge on any atom is -0.455 e. The molecule has 7 nitrogen and oxygen atoms in total. The fourth-order valence-corrected chi connectivity index (χ4v) is 8.55. The highest BCUT2D eigenvalue weighted by Crippen LogP contribution is 2.45. The number of hydrogen-bond donors (Lipinski definition) is 0. The summed E-state index contributed by atoms with van der Waals surface area (Å²) in [7, 11) is 0. The number of fused-ring (bicyclic) bond motifs is 7. The molecule has 0 spiro atoms. The van der Waals surface area contributed by atoms with Gasteiger partial charge in [0.15, 0.2) is 23.3 Å². The zero-order valence-corrected chi connectivity index (χ0v) is 33.2. The van der Waals surface area contributed by atoms with Crippen molar-refractivity contribution in [3.8, 4) is 73.8 Å². The normalized spacial score (nSPS) is 11.5. The molecule has 0 N–H and O–H groups in total. The summed E-state index contributed by atoms with van der Waals surface area (Å²) in [5, 5.41) is 4.18. The summed E-state index contributed by atoms with van der Waals surface area (Å²) in [6, 6.07) is 70.3. The van der Waals surface area contributed by atoms with Crippen molar-refractivity contribution in [2.75, 3.05) is 0 Å². The molecule has 0 saturated heterocycles. The van der Waals surface area contributed by atoms with Crippen molar-refractivity contribution in [2.24, 2.45) is 0 Å². The first-order valence-electron chi connectivity index (χ1n) is 20.6. The van der Waals surface area contributed by atoms with Crippen molar-refractivity contribution in [3.05, 3.63) is 206 Å². The van der Waals surface area contributed by atoms with Crippen molar-refractivity contribution in [2.45, 2.75) is 0 Å². The lowest BCUT2D eigenvalue weighted by Gasteiger charge is -2.14. The molecule has 62 heavy (non-hydrogen) atoms. The van der Waals surface area contributed by atoms with Gasteiger partial charge in [-0.3, -0.25) is 0 Å². The predicted molar refractivity (Wildman–Crippen MR) is 250 cm³/mol. The summed E-state index contributed by atoms with van der Waals surface area (Å²) < 4.78 is 9.14. The average Bonchev–Trinajstić information content (AvgIpc) is 3.91. The molecule has 0 aliphatic rings. The third-order valence-corrected chi connectivity index (χ3v) is 11.5. The van der Waals surface area contributed by atoms with Crippen LogP contribution in [0.2, 0.25) is 0 Å². The third kappa shape index (κ3) is 6.02. The molecule has 4 aromatic heterocycles. The quantitative estimate of drug-likeness (QED) is 0.160. The largest absolute Gasteiger partial charge is 0.455 e. The molecule has 12 rings (SSSR count). The minimum absolute atomic E-state index is 0.596. The van der Waals surface area contributed by atoms with E-state index in [4.69, 9.17) is 29.3 Å². The third-order valence-electron chi connectivity index (χ3n) is 11.5. The van der Waals surface area contributed by atoms with Crippen LogP contribution in [0.15, 0.2) is 211 Å². The van der Waals surface area contributed by atoms with E-state index >= 15 is 0 Å². The number of para-hydroxylation sites is 2. The molecule has 290 valence electrons. The molecule has 0 aliphatic heterocycles. The van der Waals surface area contributed by atoms with Crippen LogP contribution < -0.4 is 0 Å². The van der Waals surface area contributed by atoms with Crippen LogP contribution in [0, 0.1) is 0 Å². The number of benzene rings is 8. The fraction of sp³-hybridized carbons (Fsp3) is 0. The zero-order chi connectivity index (χ0) is 41.0. The van der Waals surface area contributed by atoms with E-state index in [0.29, 0.717) is 23.3 Å². The summed E-state index contributed by atoms with van der Waals surface area (Å²) in [6.45, 7) is 0. The Morgan fingerprint density at radius 2 is 0.823 bits per heavy atom. The molecule has 0 saturated carbocycles. The van der Waals surface area contributed by atoms with Gasteiger partial charge in [0.1, 0.15) is 11.2 Å². The van der Waals surface area contributed by atoms with E-state index in [1.165, 1.54) is 0 Å². The monoisotopic (exact) mass is 794 g/mol. The van der Waals surface area contributed by atoms with Crippen molar-refractivity contribution >= 4 is 43.7 Å². The van der Waals surface area contributed by atoms with Gasteiger partial charge < -0.3 is 8.98 Å². The first-order chi connectivity index (χ1) is 30.7. The van der Waals surface area contributed by atoms with Crippen molar-refractivity contribution in [1.29, 1.82) is 0 Å². The van der Waals surface area contributed by atoms with Gasteiger partial charge in [0.05, 0.1) is 27.8 Å². The van der Waals surface area contributed by atoms with E-state index in [-0.39, 0.29) is 0 Å². The van der Waals surface area contributed by atoms with Crippen LogP contribution in [0.4, 0.5) is 0 Å². The highest BCUT2D eigenvalue weighted by Gasteiger charge is 2.24. The van der Waals surface area contributed by atoms with Crippen molar-refractivity contribution in [1.82, 2.24) is 29.5 Å².